The van der Waals surface area contributed by atoms with Gasteiger partial charge >= 0.3 is 0 Å². The molecule has 0 aromatic heterocycles. The van der Waals surface area contributed by atoms with Crippen LogP contribution in [-0.4, -0.2) is 29.6 Å². The van der Waals surface area contributed by atoms with Gasteiger partial charge in [0.25, 0.3) is 0 Å². The quantitative estimate of drug-likeness (QED) is 0.496. The van der Waals surface area contributed by atoms with Gasteiger partial charge in [0.2, 0.25) is 0 Å². The van der Waals surface area contributed by atoms with Crippen molar-refractivity contribution in [1.82, 2.24) is 0 Å². The van der Waals surface area contributed by atoms with Crippen LogP contribution in [0.1, 0.15) is 46.0 Å². The van der Waals surface area contributed by atoms with Crippen molar-refractivity contribution in [2.45, 2.75) is 46.0 Å². The number of rotatable bonds is 0. The second-order valence-corrected chi connectivity index (χ2v) is 4.88. The molecule has 0 aromatic carbocycles. The SMILES string of the molecule is C.C1C2CC3CC1CC(C2)C3.[Na]. The molecule has 4 fully saturated rings. The molecular formula is C11H20Na. The first-order chi connectivity index (χ1) is 4.90. The van der Waals surface area contributed by atoms with Crippen LogP contribution in [0.3, 0.4) is 0 Å². The molecule has 0 heterocycles. The zero-order chi connectivity index (χ0) is 6.55. The van der Waals surface area contributed by atoms with Crippen molar-refractivity contribution in [3.8, 4) is 0 Å². The van der Waals surface area contributed by atoms with Crippen molar-refractivity contribution in [3.63, 3.8) is 0 Å². The molecule has 4 saturated carbocycles. The van der Waals surface area contributed by atoms with Crippen molar-refractivity contribution in [2.24, 2.45) is 23.7 Å². The molecule has 65 valence electrons. The molecule has 0 saturated heterocycles. The monoisotopic (exact) mass is 175 g/mol. The van der Waals surface area contributed by atoms with E-state index >= 15 is 0 Å². The zero-order valence-electron chi connectivity index (χ0n) is 7.55. The Morgan fingerprint density at radius 3 is 0.833 bits per heavy atom. The molecule has 4 aliphatic carbocycles. The average Bonchev–Trinajstić information content (AvgIpc) is 1.82. The summed E-state index contributed by atoms with van der Waals surface area (Å²) in [5, 5.41) is 0. The third kappa shape index (κ3) is 1.76. The Bertz CT molecular complexity index is 96.6. The third-order valence-corrected chi connectivity index (χ3v) is 4.00. The fourth-order valence-corrected chi connectivity index (χ4v) is 3.98. The maximum Gasteiger partial charge on any atom is 0 e. The first-order valence-electron chi connectivity index (χ1n) is 4.90. The van der Waals surface area contributed by atoms with Gasteiger partial charge < -0.3 is 0 Å². The standard InChI is InChI=1S/C10H16.CH4.Na/c1-7-2-9-4-8(1)5-10(3-7)6-9;;/h7-10H,1-6H2;1H4;. The van der Waals surface area contributed by atoms with Crippen LogP contribution in [0.25, 0.3) is 0 Å². The molecule has 1 heteroatoms. The second-order valence-electron chi connectivity index (χ2n) is 4.88. The van der Waals surface area contributed by atoms with E-state index in [9.17, 15) is 0 Å². The maximum absolute atomic E-state index is 1.60. The molecule has 0 nitrogen and oxygen atoms in total. The third-order valence-electron chi connectivity index (χ3n) is 4.00. The van der Waals surface area contributed by atoms with E-state index in [1.54, 1.807) is 38.5 Å². The summed E-state index contributed by atoms with van der Waals surface area (Å²) < 4.78 is 0. The van der Waals surface area contributed by atoms with E-state index in [-0.39, 0.29) is 37.0 Å². The summed E-state index contributed by atoms with van der Waals surface area (Å²) in [6.45, 7) is 0. The summed E-state index contributed by atoms with van der Waals surface area (Å²) in [5.74, 6) is 4.71. The minimum absolute atomic E-state index is 0. The van der Waals surface area contributed by atoms with Crippen LogP contribution in [0.15, 0.2) is 0 Å². The van der Waals surface area contributed by atoms with E-state index in [1.807, 2.05) is 0 Å². The van der Waals surface area contributed by atoms with Gasteiger partial charge in [-0.25, -0.2) is 0 Å². The molecular weight excluding hydrogens is 155 g/mol. The molecule has 0 atom stereocenters. The van der Waals surface area contributed by atoms with Gasteiger partial charge in [-0.3, -0.25) is 0 Å². The molecule has 1 radical (unpaired) electrons. The second kappa shape index (κ2) is 4.02. The van der Waals surface area contributed by atoms with E-state index in [0.717, 1.165) is 0 Å². The Labute approximate surface area is 98.8 Å². The summed E-state index contributed by atoms with van der Waals surface area (Å²) in [5.41, 5.74) is 0. The van der Waals surface area contributed by atoms with Crippen molar-refractivity contribution in [3.05, 3.63) is 0 Å². The smallest absolute Gasteiger partial charge is 0 e. The normalized spacial score (nSPS) is 48.0. The molecule has 12 heavy (non-hydrogen) atoms. The van der Waals surface area contributed by atoms with Gasteiger partial charge in [0.15, 0.2) is 0 Å². The van der Waals surface area contributed by atoms with Gasteiger partial charge in [0, 0.05) is 29.6 Å². The Hall–Kier alpha value is 1.00. The first kappa shape index (κ1) is 11.1. The minimum Gasteiger partial charge on any atom is -0.0776 e. The number of hydrogen-bond acceptors (Lipinski definition) is 0. The van der Waals surface area contributed by atoms with Gasteiger partial charge in [-0.05, 0) is 62.2 Å². The molecule has 0 unspecified atom stereocenters. The van der Waals surface area contributed by atoms with Gasteiger partial charge in [-0.2, -0.15) is 0 Å². The van der Waals surface area contributed by atoms with Crippen LogP contribution >= 0.6 is 0 Å². The summed E-state index contributed by atoms with van der Waals surface area (Å²) >= 11 is 0. The van der Waals surface area contributed by atoms with Crippen molar-refractivity contribution >= 4 is 29.6 Å². The van der Waals surface area contributed by atoms with E-state index in [0.29, 0.717) is 0 Å². The first-order valence-corrected chi connectivity index (χ1v) is 4.90. The fourth-order valence-electron chi connectivity index (χ4n) is 3.98. The maximum atomic E-state index is 1.60. The van der Waals surface area contributed by atoms with Crippen molar-refractivity contribution in [2.75, 3.05) is 0 Å². The van der Waals surface area contributed by atoms with Crippen LogP contribution in [0.2, 0.25) is 0 Å². The molecule has 0 N–H and O–H groups in total. The van der Waals surface area contributed by atoms with Crippen LogP contribution in [0.4, 0.5) is 0 Å². The average molecular weight is 175 g/mol. The van der Waals surface area contributed by atoms with E-state index in [4.69, 9.17) is 0 Å². The van der Waals surface area contributed by atoms with Crippen LogP contribution in [-0.2, 0) is 0 Å². The van der Waals surface area contributed by atoms with Crippen molar-refractivity contribution in [1.29, 1.82) is 0 Å². The largest absolute Gasteiger partial charge is 0.0776 e. The number of hydrogen-bond donors (Lipinski definition) is 0. The van der Waals surface area contributed by atoms with Gasteiger partial charge in [-0.15, -0.1) is 0 Å². The topological polar surface area (TPSA) is 0 Å². The Morgan fingerprint density at radius 1 is 0.500 bits per heavy atom. The van der Waals surface area contributed by atoms with Gasteiger partial charge in [0.05, 0.1) is 0 Å². The molecule has 4 aliphatic rings. The van der Waals surface area contributed by atoms with E-state index < -0.39 is 0 Å². The molecule has 4 bridgehead atoms. The predicted molar refractivity (Wildman–Crippen MR) is 54.1 cm³/mol. The van der Waals surface area contributed by atoms with Crippen LogP contribution in [0.5, 0.6) is 0 Å². The predicted octanol–water partition coefficient (Wildman–Crippen LogP) is 3.09. The van der Waals surface area contributed by atoms with E-state index in [2.05, 4.69) is 0 Å². The minimum atomic E-state index is 0. The van der Waals surface area contributed by atoms with Crippen molar-refractivity contribution < 1.29 is 0 Å². The Morgan fingerprint density at radius 2 is 0.667 bits per heavy atom. The van der Waals surface area contributed by atoms with Crippen LogP contribution < -0.4 is 0 Å². The summed E-state index contributed by atoms with van der Waals surface area (Å²) in [6, 6.07) is 0. The molecule has 0 spiro atoms. The van der Waals surface area contributed by atoms with Crippen LogP contribution in [0, 0.1) is 23.7 Å². The van der Waals surface area contributed by atoms with Gasteiger partial charge in [-0.1, -0.05) is 7.43 Å². The zero-order valence-corrected chi connectivity index (χ0v) is 9.55. The summed E-state index contributed by atoms with van der Waals surface area (Å²) in [4.78, 5) is 0. The summed E-state index contributed by atoms with van der Waals surface area (Å²) in [6.07, 6.45) is 9.62. The Kier molecular flexibility index (Phi) is 3.71. The Balaban J connectivity index is 0.000000360. The summed E-state index contributed by atoms with van der Waals surface area (Å²) in [7, 11) is 0. The molecule has 0 aromatic rings. The fraction of sp³-hybridized carbons (Fsp3) is 1.00. The molecule has 0 aliphatic heterocycles. The van der Waals surface area contributed by atoms with Gasteiger partial charge in [0.1, 0.15) is 0 Å². The molecule has 0 amide bonds. The van der Waals surface area contributed by atoms with E-state index in [1.165, 1.54) is 23.7 Å². The molecule has 4 rings (SSSR count).